The van der Waals surface area contributed by atoms with Gasteiger partial charge in [-0.25, -0.2) is 0 Å². The fraction of sp³-hybridized carbons (Fsp3) is 0.312. The summed E-state index contributed by atoms with van der Waals surface area (Å²) in [5, 5.41) is 6.19. The van der Waals surface area contributed by atoms with Crippen molar-refractivity contribution in [3.63, 3.8) is 0 Å². The summed E-state index contributed by atoms with van der Waals surface area (Å²) in [6, 6.07) is 4.68. The molecule has 1 aromatic carbocycles. The van der Waals surface area contributed by atoms with E-state index in [1.54, 1.807) is 18.2 Å². The van der Waals surface area contributed by atoms with E-state index in [1.807, 2.05) is 0 Å². The van der Waals surface area contributed by atoms with Crippen LogP contribution in [0.5, 0.6) is 0 Å². The molecule has 0 aromatic heterocycles. The fourth-order valence-electron chi connectivity index (χ4n) is 2.98. The standard InChI is InChI=1S/C16H14Cl2N2O3/c17-8-4-9(18)6-10(5-8)19-16(23)11-7-14(22)20-12-2-1-3-13(21)15(11)12/h4-6,11H,1-3,7H2,(H,19,23)(H,20,22)/t11-/m1/s1. The van der Waals surface area contributed by atoms with Gasteiger partial charge in [0.2, 0.25) is 11.8 Å². The number of allylic oxidation sites excluding steroid dienone is 1. The van der Waals surface area contributed by atoms with Gasteiger partial charge in [0.1, 0.15) is 0 Å². The molecule has 0 fully saturated rings. The molecule has 1 aliphatic carbocycles. The zero-order valence-corrected chi connectivity index (χ0v) is 13.6. The van der Waals surface area contributed by atoms with Crippen LogP contribution in [0.25, 0.3) is 0 Å². The second kappa shape index (κ2) is 6.34. The minimum Gasteiger partial charge on any atom is -0.329 e. The number of Topliss-reactive ketones (excluding diaryl/α,β-unsaturated/α-hetero) is 1. The van der Waals surface area contributed by atoms with Crippen LogP contribution in [0.15, 0.2) is 29.5 Å². The van der Waals surface area contributed by atoms with Crippen molar-refractivity contribution in [2.24, 2.45) is 5.92 Å². The molecule has 1 aromatic rings. The van der Waals surface area contributed by atoms with Gasteiger partial charge in [0.15, 0.2) is 5.78 Å². The van der Waals surface area contributed by atoms with Crippen molar-refractivity contribution in [3.8, 4) is 0 Å². The summed E-state index contributed by atoms with van der Waals surface area (Å²) >= 11 is 11.8. The highest BCUT2D eigenvalue weighted by molar-refractivity contribution is 6.35. The number of hydrogen-bond acceptors (Lipinski definition) is 3. The van der Waals surface area contributed by atoms with Gasteiger partial charge in [-0.2, -0.15) is 0 Å². The average molecular weight is 353 g/mol. The van der Waals surface area contributed by atoms with Crippen LogP contribution in [0.4, 0.5) is 5.69 Å². The lowest BCUT2D eigenvalue weighted by molar-refractivity contribution is -0.128. The van der Waals surface area contributed by atoms with Gasteiger partial charge in [0.05, 0.1) is 5.92 Å². The second-order valence-corrected chi connectivity index (χ2v) is 6.49. The number of hydrogen-bond donors (Lipinski definition) is 2. The van der Waals surface area contributed by atoms with E-state index in [0.29, 0.717) is 46.3 Å². The average Bonchev–Trinajstić information content (AvgIpc) is 2.45. The molecule has 2 aliphatic rings. The first-order valence-electron chi connectivity index (χ1n) is 7.27. The summed E-state index contributed by atoms with van der Waals surface area (Å²) in [4.78, 5) is 36.6. The number of amides is 2. The Morgan fingerprint density at radius 2 is 1.83 bits per heavy atom. The lowest BCUT2D eigenvalue weighted by Gasteiger charge is -2.30. The Morgan fingerprint density at radius 3 is 2.52 bits per heavy atom. The lowest BCUT2D eigenvalue weighted by atomic mass is 9.81. The third-order valence-electron chi connectivity index (χ3n) is 3.93. The smallest absolute Gasteiger partial charge is 0.232 e. The number of anilines is 1. The molecule has 3 rings (SSSR count). The van der Waals surface area contributed by atoms with Crippen LogP contribution in [-0.2, 0) is 14.4 Å². The Hall–Kier alpha value is -1.85. The first kappa shape index (κ1) is 16.0. The summed E-state index contributed by atoms with van der Waals surface area (Å²) in [6.45, 7) is 0. The van der Waals surface area contributed by atoms with Crippen molar-refractivity contribution in [1.82, 2.24) is 5.32 Å². The van der Waals surface area contributed by atoms with Crippen LogP contribution in [0.1, 0.15) is 25.7 Å². The van der Waals surface area contributed by atoms with Gasteiger partial charge in [0.25, 0.3) is 0 Å². The van der Waals surface area contributed by atoms with Crippen molar-refractivity contribution in [3.05, 3.63) is 39.5 Å². The molecular weight excluding hydrogens is 339 g/mol. The molecule has 1 heterocycles. The van der Waals surface area contributed by atoms with Gasteiger partial charge in [-0.3, -0.25) is 14.4 Å². The normalized spacial score (nSPS) is 20.9. The van der Waals surface area contributed by atoms with Gasteiger partial charge in [0, 0.05) is 39.8 Å². The van der Waals surface area contributed by atoms with Crippen LogP contribution >= 0.6 is 23.2 Å². The SMILES string of the molecule is O=C1C[C@@H](C(=O)Nc2cc(Cl)cc(Cl)c2)C2=C(CCCC2=O)N1. The highest BCUT2D eigenvalue weighted by atomic mass is 35.5. The van der Waals surface area contributed by atoms with E-state index >= 15 is 0 Å². The second-order valence-electron chi connectivity index (χ2n) is 5.62. The maximum atomic E-state index is 12.6. The third-order valence-corrected chi connectivity index (χ3v) is 4.37. The van der Waals surface area contributed by atoms with Crippen LogP contribution in [0.3, 0.4) is 0 Å². The summed E-state index contributed by atoms with van der Waals surface area (Å²) in [7, 11) is 0. The van der Waals surface area contributed by atoms with E-state index in [2.05, 4.69) is 10.6 Å². The number of benzene rings is 1. The summed E-state index contributed by atoms with van der Waals surface area (Å²) in [5.74, 6) is -1.50. The Labute approximate surface area is 143 Å². The fourth-order valence-corrected chi connectivity index (χ4v) is 3.51. The van der Waals surface area contributed by atoms with E-state index in [0.717, 1.165) is 0 Å². The predicted molar refractivity (Wildman–Crippen MR) is 87.2 cm³/mol. The first-order chi connectivity index (χ1) is 10.9. The summed E-state index contributed by atoms with van der Waals surface area (Å²) < 4.78 is 0. The van der Waals surface area contributed by atoms with Gasteiger partial charge >= 0.3 is 0 Å². The Balaban J connectivity index is 1.88. The van der Waals surface area contributed by atoms with E-state index in [-0.39, 0.29) is 18.1 Å². The molecule has 0 spiro atoms. The number of halogens is 2. The lowest BCUT2D eigenvalue weighted by Crippen LogP contribution is -2.41. The molecule has 0 saturated carbocycles. The minimum absolute atomic E-state index is 0.0370. The molecule has 0 radical (unpaired) electrons. The highest BCUT2D eigenvalue weighted by Gasteiger charge is 2.37. The van der Waals surface area contributed by atoms with Crippen molar-refractivity contribution < 1.29 is 14.4 Å². The molecule has 1 atom stereocenters. The zero-order valence-electron chi connectivity index (χ0n) is 12.1. The Bertz CT molecular complexity index is 723. The quantitative estimate of drug-likeness (QED) is 0.858. The number of carbonyl (C=O) groups is 3. The Kier molecular flexibility index (Phi) is 4.41. The van der Waals surface area contributed by atoms with Crippen LogP contribution < -0.4 is 10.6 Å². The van der Waals surface area contributed by atoms with Gasteiger partial charge < -0.3 is 10.6 Å². The molecule has 120 valence electrons. The topological polar surface area (TPSA) is 75.3 Å². The van der Waals surface area contributed by atoms with Gasteiger partial charge in [-0.05, 0) is 31.0 Å². The third kappa shape index (κ3) is 3.41. The molecule has 7 heteroatoms. The predicted octanol–water partition coefficient (Wildman–Crippen LogP) is 3.08. The minimum atomic E-state index is -0.774. The van der Waals surface area contributed by atoms with Crippen LogP contribution in [0, 0.1) is 5.92 Å². The summed E-state index contributed by atoms with van der Waals surface area (Å²) in [5.41, 5.74) is 1.45. The van der Waals surface area contributed by atoms with E-state index < -0.39 is 11.8 Å². The van der Waals surface area contributed by atoms with Crippen LogP contribution in [-0.4, -0.2) is 17.6 Å². The van der Waals surface area contributed by atoms with E-state index in [4.69, 9.17) is 23.2 Å². The number of nitrogens with one attached hydrogen (secondary N) is 2. The maximum absolute atomic E-state index is 12.6. The molecule has 23 heavy (non-hydrogen) atoms. The number of rotatable bonds is 2. The van der Waals surface area contributed by atoms with Crippen molar-refractivity contribution in [2.75, 3.05) is 5.32 Å². The molecule has 2 N–H and O–H groups in total. The Morgan fingerprint density at radius 1 is 1.13 bits per heavy atom. The van der Waals surface area contributed by atoms with Crippen molar-refractivity contribution >= 4 is 46.5 Å². The monoisotopic (exact) mass is 352 g/mol. The summed E-state index contributed by atoms with van der Waals surface area (Å²) in [6.07, 6.45) is 1.67. The van der Waals surface area contributed by atoms with E-state index in [1.165, 1.54) is 0 Å². The molecular formula is C16H14Cl2N2O3. The van der Waals surface area contributed by atoms with Crippen molar-refractivity contribution in [2.45, 2.75) is 25.7 Å². The van der Waals surface area contributed by atoms with E-state index in [9.17, 15) is 14.4 Å². The molecule has 2 amide bonds. The largest absolute Gasteiger partial charge is 0.329 e. The molecule has 0 unspecified atom stereocenters. The zero-order chi connectivity index (χ0) is 16.6. The molecule has 0 bridgehead atoms. The van der Waals surface area contributed by atoms with Crippen LogP contribution in [0.2, 0.25) is 10.0 Å². The number of ketones is 1. The molecule has 1 aliphatic heterocycles. The van der Waals surface area contributed by atoms with Gasteiger partial charge in [-0.1, -0.05) is 23.2 Å². The van der Waals surface area contributed by atoms with Gasteiger partial charge in [-0.15, -0.1) is 0 Å². The molecule has 0 saturated heterocycles. The van der Waals surface area contributed by atoms with Crippen molar-refractivity contribution in [1.29, 1.82) is 0 Å². The maximum Gasteiger partial charge on any atom is 0.232 e. The molecule has 5 nitrogen and oxygen atoms in total. The highest BCUT2D eigenvalue weighted by Crippen LogP contribution is 2.32. The first-order valence-corrected chi connectivity index (χ1v) is 8.02. The number of carbonyl (C=O) groups excluding carboxylic acids is 3.